The summed E-state index contributed by atoms with van der Waals surface area (Å²) in [6.07, 6.45) is 1.53. The fourth-order valence-corrected chi connectivity index (χ4v) is 14.2. The summed E-state index contributed by atoms with van der Waals surface area (Å²) < 4.78 is 62.0. The van der Waals surface area contributed by atoms with Crippen LogP contribution in [0.15, 0.2) is 93.3 Å². The molecule has 6 aromatic rings. The van der Waals surface area contributed by atoms with Crippen molar-refractivity contribution in [2.24, 2.45) is 0 Å². The van der Waals surface area contributed by atoms with Gasteiger partial charge in [0.1, 0.15) is 5.75 Å². The second kappa shape index (κ2) is 19.6. The van der Waals surface area contributed by atoms with Crippen LogP contribution in [0.25, 0.3) is 0 Å². The molecular formula is C48H58N6O5S4. The molecule has 2 saturated heterocycles. The van der Waals surface area contributed by atoms with E-state index in [2.05, 4.69) is 57.8 Å². The monoisotopic (exact) mass is 926 g/mol. The fraction of sp³-hybridized carbons (Fsp3) is 0.375. The van der Waals surface area contributed by atoms with E-state index in [1.807, 2.05) is 84.0 Å². The van der Waals surface area contributed by atoms with E-state index < -0.39 is 20.0 Å². The Morgan fingerprint density at radius 3 is 1.43 bits per heavy atom. The number of aromatic nitrogens is 2. The highest BCUT2D eigenvalue weighted by Gasteiger charge is 2.33. The largest absolute Gasteiger partial charge is 0.496 e. The quantitative estimate of drug-likeness (QED) is 0.126. The molecule has 0 N–H and O–H groups in total. The lowest BCUT2D eigenvalue weighted by molar-refractivity contribution is 0.384. The number of hydrogen-bond donors (Lipinski definition) is 0. The molecule has 0 atom stereocenters. The van der Waals surface area contributed by atoms with E-state index in [0.717, 1.165) is 72.8 Å². The van der Waals surface area contributed by atoms with E-state index >= 15 is 0 Å². The first-order valence-electron chi connectivity index (χ1n) is 21.3. The second-order valence-electron chi connectivity index (χ2n) is 16.6. The number of hydrogen-bond acceptors (Lipinski definition) is 11. The van der Waals surface area contributed by atoms with Gasteiger partial charge < -0.3 is 14.5 Å². The lowest BCUT2D eigenvalue weighted by Gasteiger charge is -2.34. The van der Waals surface area contributed by atoms with Gasteiger partial charge in [-0.3, -0.25) is 0 Å². The Hall–Kier alpha value is -4.64. The topological polar surface area (TPSA) is 116 Å². The van der Waals surface area contributed by atoms with Crippen LogP contribution < -0.4 is 14.5 Å². The predicted octanol–water partition coefficient (Wildman–Crippen LogP) is 8.66. The second-order valence-corrected chi connectivity index (χ2v) is 22.1. The molecule has 2 fully saturated rings. The minimum Gasteiger partial charge on any atom is -0.496 e. The van der Waals surface area contributed by atoms with Gasteiger partial charge in [-0.1, -0.05) is 83.4 Å². The number of thiazole rings is 2. The molecule has 11 nitrogen and oxygen atoms in total. The van der Waals surface area contributed by atoms with Crippen LogP contribution in [0.2, 0.25) is 0 Å². The molecule has 334 valence electrons. The minimum atomic E-state index is -3.51. The summed E-state index contributed by atoms with van der Waals surface area (Å²) in [5.74, 6) is 0.863. The highest BCUT2D eigenvalue weighted by Crippen LogP contribution is 2.31. The van der Waals surface area contributed by atoms with Crippen molar-refractivity contribution in [3.8, 4) is 5.75 Å². The maximum atomic E-state index is 13.3. The zero-order chi connectivity index (χ0) is 45.1. The van der Waals surface area contributed by atoms with Gasteiger partial charge in [-0.15, -0.1) is 22.7 Å². The Bertz CT molecular complexity index is 2740. The molecule has 0 spiro atoms. The van der Waals surface area contributed by atoms with Crippen molar-refractivity contribution < 1.29 is 21.6 Å². The maximum absolute atomic E-state index is 13.3. The average Bonchev–Trinajstić information content (AvgIpc) is 3.91. The molecule has 15 heteroatoms. The maximum Gasteiger partial charge on any atom is 0.243 e. The van der Waals surface area contributed by atoms with E-state index in [1.165, 1.54) is 11.1 Å². The first-order chi connectivity index (χ1) is 30.0. The highest BCUT2D eigenvalue weighted by atomic mass is 32.2. The zero-order valence-corrected chi connectivity index (χ0v) is 40.8. The number of aryl methyl sites for hydroxylation is 7. The van der Waals surface area contributed by atoms with Gasteiger partial charge in [-0.2, -0.15) is 8.61 Å². The van der Waals surface area contributed by atoms with Gasteiger partial charge in [-0.05, 0) is 82.3 Å². The molecule has 0 saturated carbocycles. The van der Waals surface area contributed by atoms with Crippen LogP contribution in [0, 0.1) is 48.5 Å². The van der Waals surface area contributed by atoms with E-state index in [0.29, 0.717) is 68.6 Å². The van der Waals surface area contributed by atoms with Gasteiger partial charge >= 0.3 is 0 Å². The summed E-state index contributed by atoms with van der Waals surface area (Å²) in [4.78, 5) is 14.9. The van der Waals surface area contributed by atoms with Crippen LogP contribution in [-0.4, -0.2) is 94.9 Å². The van der Waals surface area contributed by atoms with Crippen LogP contribution in [0.1, 0.15) is 61.5 Å². The Labute approximate surface area is 382 Å². The molecular weight excluding hydrogens is 869 g/mol. The molecule has 2 aromatic heterocycles. The van der Waals surface area contributed by atoms with Gasteiger partial charge in [0.05, 0.1) is 28.3 Å². The number of benzene rings is 4. The molecule has 4 heterocycles. The van der Waals surface area contributed by atoms with Crippen molar-refractivity contribution in [3.63, 3.8) is 0 Å². The summed E-state index contributed by atoms with van der Waals surface area (Å²) in [7, 11) is -5.33. The Morgan fingerprint density at radius 2 is 0.984 bits per heavy atom. The first kappa shape index (κ1) is 46.4. The molecule has 0 bridgehead atoms. The normalized spacial score (nSPS) is 15.3. The van der Waals surface area contributed by atoms with Crippen molar-refractivity contribution in [1.29, 1.82) is 0 Å². The predicted molar refractivity (Wildman–Crippen MR) is 257 cm³/mol. The Morgan fingerprint density at radius 1 is 0.540 bits per heavy atom. The fourth-order valence-electron chi connectivity index (χ4n) is 8.77. The van der Waals surface area contributed by atoms with Crippen LogP contribution in [0.3, 0.4) is 0 Å². The van der Waals surface area contributed by atoms with E-state index in [9.17, 15) is 16.8 Å². The number of ether oxygens (including phenoxy) is 1. The lowest BCUT2D eigenvalue weighted by atomic mass is 10.1. The smallest absolute Gasteiger partial charge is 0.243 e. The van der Waals surface area contributed by atoms with Crippen molar-refractivity contribution in [2.45, 2.75) is 71.1 Å². The van der Waals surface area contributed by atoms with E-state index in [4.69, 9.17) is 14.7 Å². The number of sulfonamides is 2. The average molecular weight is 927 g/mol. The number of anilines is 2. The van der Waals surface area contributed by atoms with Gasteiger partial charge in [0.2, 0.25) is 20.0 Å². The molecule has 0 amide bonds. The number of rotatable bonds is 11. The number of piperazine rings is 2. The summed E-state index contributed by atoms with van der Waals surface area (Å²) >= 11 is 3.24. The van der Waals surface area contributed by atoms with Crippen LogP contribution in [0.4, 0.5) is 10.3 Å². The van der Waals surface area contributed by atoms with Crippen molar-refractivity contribution in [2.75, 3.05) is 69.3 Å². The third kappa shape index (κ3) is 10.7. The van der Waals surface area contributed by atoms with Crippen molar-refractivity contribution in [1.82, 2.24) is 18.6 Å². The standard InChI is InChI=1S/C24H29N3O3S2.C24H29N3O2S2/c1-17-13-18(2)23(19(3)14-17)32(28,29)27-11-9-26(10-12-27)24-25-21(16-31-24)15-20-7-5-6-8-22(20)30-4;1-17-6-5-7-21(14-17)15-22-16-30-24(25-22)26-8-10-27(11-9-26)31(28,29)23-19(3)12-18(2)13-20(23)4/h5-8,13-14,16H,9-12,15H2,1-4H3;5-7,12-14,16H,8-11,15H2,1-4H3. The molecule has 8 rings (SSSR count). The number of para-hydroxylation sites is 1. The Balaban J connectivity index is 0.000000189. The molecule has 2 aliphatic rings. The Kier molecular flexibility index (Phi) is 14.4. The number of nitrogens with zero attached hydrogens (tertiary/aromatic N) is 6. The zero-order valence-electron chi connectivity index (χ0n) is 37.5. The molecule has 2 aliphatic heterocycles. The molecule has 0 radical (unpaired) electrons. The van der Waals surface area contributed by atoms with Crippen LogP contribution >= 0.6 is 22.7 Å². The van der Waals surface area contributed by atoms with Gasteiger partial charge in [0.25, 0.3) is 0 Å². The highest BCUT2D eigenvalue weighted by molar-refractivity contribution is 7.89. The van der Waals surface area contributed by atoms with E-state index in [1.54, 1.807) is 38.4 Å². The summed E-state index contributed by atoms with van der Waals surface area (Å²) in [5.41, 5.74) is 11.1. The minimum absolute atomic E-state index is 0.449. The third-order valence-corrected chi connectivity index (χ3v) is 17.8. The molecule has 0 aliphatic carbocycles. The summed E-state index contributed by atoms with van der Waals surface area (Å²) in [5, 5.41) is 6.10. The first-order valence-corrected chi connectivity index (χ1v) is 25.9. The van der Waals surface area contributed by atoms with Crippen LogP contribution in [0.5, 0.6) is 5.75 Å². The third-order valence-electron chi connectivity index (χ3n) is 11.5. The SMILES string of the molecule is COc1ccccc1Cc1csc(N2CCN(S(=O)(=O)c3c(C)cc(C)cc3C)CC2)n1.Cc1cccc(Cc2csc(N3CCN(S(=O)(=O)c4c(C)cc(C)cc4C)CC3)n2)c1. The summed E-state index contributed by atoms with van der Waals surface area (Å²) in [6.45, 7) is 18.0. The van der Waals surface area contributed by atoms with Crippen molar-refractivity contribution in [3.05, 3.63) is 145 Å². The van der Waals surface area contributed by atoms with Gasteiger partial charge in [0.15, 0.2) is 10.3 Å². The molecule has 4 aromatic carbocycles. The van der Waals surface area contributed by atoms with E-state index in [-0.39, 0.29) is 0 Å². The number of methoxy groups -OCH3 is 1. The van der Waals surface area contributed by atoms with Gasteiger partial charge in [0, 0.05) is 81.5 Å². The van der Waals surface area contributed by atoms with Crippen molar-refractivity contribution >= 4 is 53.0 Å². The van der Waals surface area contributed by atoms with Crippen LogP contribution in [-0.2, 0) is 32.9 Å². The summed E-state index contributed by atoms with van der Waals surface area (Å²) in [6, 6.07) is 24.2. The molecule has 63 heavy (non-hydrogen) atoms. The lowest BCUT2D eigenvalue weighted by Crippen LogP contribution is -2.48. The molecule has 0 unspecified atom stereocenters. The van der Waals surface area contributed by atoms with Gasteiger partial charge in [-0.25, -0.2) is 26.8 Å².